The molecule has 0 saturated heterocycles. The number of halogens is 1. The van der Waals surface area contributed by atoms with Crippen molar-refractivity contribution in [3.63, 3.8) is 0 Å². The molecular weight excluding hydrogens is 418 g/mol. The maximum atomic E-state index is 6.09. The molecule has 0 amide bonds. The molecule has 32 heavy (non-hydrogen) atoms. The Kier molecular flexibility index (Phi) is 4.44. The molecule has 0 aliphatic carbocycles. The number of hydrogen-bond donors (Lipinski definition) is 0. The Morgan fingerprint density at radius 1 is 0.594 bits per heavy atom. The molecule has 0 radical (unpaired) electrons. The van der Waals surface area contributed by atoms with Crippen LogP contribution < -0.4 is 0 Å². The fourth-order valence-corrected chi connectivity index (χ4v) is 3.97. The van der Waals surface area contributed by atoms with Gasteiger partial charge >= 0.3 is 0 Å². The lowest BCUT2D eigenvalue weighted by molar-refractivity contribution is 0.669. The van der Waals surface area contributed by atoms with Gasteiger partial charge in [-0.25, -0.2) is 9.97 Å². The van der Waals surface area contributed by atoms with Crippen LogP contribution in [0.25, 0.3) is 56.0 Å². The minimum Gasteiger partial charge on any atom is -0.456 e. The standard InChI is InChI=1S/C27H16ClN3O/c28-19-11-13-22(29-16-19)24-15-23(30-27(31-24)17-6-2-1-3-7-17)18-10-12-21-20-8-4-5-9-25(20)32-26(21)14-18/h1-16H. The summed E-state index contributed by atoms with van der Waals surface area (Å²) in [7, 11) is 0. The summed E-state index contributed by atoms with van der Waals surface area (Å²) in [6.07, 6.45) is 1.63. The van der Waals surface area contributed by atoms with Crippen LogP contribution in [0, 0.1) is 0 Å². The van der Waals surface area contributed by atoms with Crippen molar-refractivity contribution in [2.45, 2.75) is 0 Å². The van der Waals surface area contributed by atoms with E-state index in [0.29, 0.717) is 10.8 Å². The topological polar surface area (TPSA) is 51.8 Å². The molecule has 3 aromatic carbocycles. The zero-order chi connectivity index (χ0) is 21.5. The molecule has 0 fully saturated rings. The number of aromatic nitrogens is 3. The minimum atomic E-state index is 0.585. The number of pyridine rings is 1. The van der Waals surface area contributed by atoms with Crippen molar-refractivity contribution in [2.24, 2.45) is 0 Å². The Balaban J connectivity index is 1.55. The van der Waals surface area contributed by atoms with Crippen LogP contribution in [0.1, 0.15) is 0 Å². The van der Waals surface area contributed by atoms with Crippen molar-refractivity contribution in [3.8, 4) is 34.0 Å². The second kappa shape index (κ2) is 7.59. The lowest BCUT2D eigenvalue weighted by atomic mass is 10.1. The molecule has 4 nitrogen and oxygen atoms in total. The predicted octanol–water partition coefficient (Wildman–Crippen LogP) is 7.43. The van der Waals surface area contributed by atoms with Gasteiger partial charge in [0.05, 0.1) is 22.1 Å². The number of para-hydroxylation sites is 1. The molecule has 0 aliphatic heterocycles. The molecule has 152 valence electrons. The highest BCUT2D eigenvalue weighted by atomic mass is 35.5. The summed E-state index contributed by atoms with van der Waals surface area (Å²) in [5.74, 6) is 0.638. The Hall–Kier alpha value is -4.02. The molecule has 0 aliphatic rings. The van der Waals surface area contributed by atoms with Crippen molar-refractivity contribution < 1.29 is 4.42 Å². The van der Waals surface area contributed by atoms with Crippen LogP contribution in [-0.4, -0.2) is 15.0 Å². The molecular formula is C27H16ClN3O. The van der Waals surface area contributed by atoms with Gasteiger partial charge in [-0.05, 0) is 36.4 Å². The van der Waals surface area contributed by atoms with Crippen LogP contribution in [0.4, 0.5) is 0 Å². The average Bonchev–Trinajstić information content (AvgIpc) is 3.23. The van der Waals surface area contributed by atoms with Crippen LogP contribution in [0.3, 0.4) is 0 Å². The normalized spacial score (nSPS) is 11.3. The predicted molar refractivity (Wildman–Crippen MR) is 128 cm³/mol. The van der Waals surface area contributed by atoms with Gasteiger partial charge in [0.15, 0.2) is 5.82 Å². The van der Waals surface area contributed by atoms with Crippen LogP contribution in [-0.2, 0) is 0 Å². The zero-order valence-corrected chi connectivity index (χ0v) is 17.6. The first kappa shape index (κ1) is 18.7. The molecule has 0 atom stereocenters. The van der Waals surface area contributed by atoms with E-state index in [1.165, 1.54) is 0 Å². The summed E-state index contributed by atoms with van der Waals surface area (Å²) in [6, 6.07) is 29.8. The Labute approximate surface area is 189 Å². The first-order chi connectivity index (χ1) is 15.7. The van der Waals surface area contributed by atoms with E-state index in [-0.39, 0.29) is 0 Å². The van der Waals surface area contributed by atoms with E-state index in [0.717, 1.165) is 50.1 Å². The van der Waals surface area contributed by atoms with Crippen LogP contribution in [0.15, 0.2) is 102 Å². The van der Waals surface area contributed by atoms with Gasteiger partial charge in [0.25, 0.3) is 0 Å². The molecule has 3 heterocycles. The molecule has 0 unspecified atom stereocenters. The van der Waals surface area contributed by atoms with Crippen molar-refractivity contribution in [2.75, 3.05) is 0 Å². The number of benzene rings is 3. The first-order valence-corrected chi connectivity index (χ1v) is 10.6. The minimum absolute atomic E-state index is 0.585. The van der Waals surface area contributed by atoms with Gasteiger partial charge in [-0.3, -0.25) is 4.98 Å². The third-order valence-corrected chi connectivity index (χ3v) is 5.65. The lowest BCUT2D eigenvalue weighted by Crippen LogP contribution is -1.96. The number of furan rings is 1. The fraction of sp³-hybridized carbons (Fsp3) is 0. The smallest absolute Gasteiger partial charge is 0.160 e. The number of rotatable bonds is 3. The highest BCUT2D eigenvalue weighted by molar-refractivity contribution is 6.30. The quantitative estimate of drug-likeness (QED) is 0.291. The van der Waals surface area contributed by atoms with Crippen molar-refractivity contribution in [1.82, 2.24) is 15.0 Å². The lowest BCUT2D eigenvalue weighted by Gasteiger charge is -2.09. The molecule has 0 N–H and O–H groups in total. The second-order valence-corrected chi connectivity index (χ2v) is 7.94. The van der Waals surface area contributed by atoms with Gasteiger partial charge in [-0.15, -0.1) is 0 Å². The Morgan fingerprint density at radius 2 is 1.38 bits per heavy atom. The number of nitrogens with zero attached hydrogens (tertiary/aromatic N) is 3. The molecule has 0 spiro atoms. The second-order valence-electron chi connectivity index (χ2n) is 7.50. The van der Waals surface area contributed by atoms with E-state index in [9.17, 15) is 0 Å². The van der Waals surface area contributed by atoms with Gasteiger partial charge in [-0.2, -0.15) is 0 Å². The Morgan fingerprint density at radius 3 is 2.22 bits per heavy atom. The SMILES string of the molecule is Clc1ccc(-c2cc(-c3ccc4c(c3)oc3ccccc34)nc(-c3ccccc3)n2)nc1. The molecule has 5 heteroatoms. The zero-order valence-electron chi connectivity index (χ0n) is 16.9. The van der Waals surface area contributed by atoms with Gasteiger partial charge in [0.2, 0.25) is 0 Å². The molecule has 3 aromatic heterocycles. The summed E-state index contributed by atoms with van der Waals surface area (Å²) in [6.45, 7) is 0. The van der Waals surface area contributed by atoms with E-state index in [4.69, 9.17) is 26.0 Å². The third kappa shape index (κ3) is 3.31. The van der Waals surface area contributed by atoms with Crippen molar-refractivity contribution in [1.29, 1.82) is 0 Å². The van der Waals surface area contributed by atoms with E-state index in [2.05, 4.69) is 23.2 Å². The van der Waals surface area contributed by atoms with E-state index >= 15 is 0 Å². The molecule has 6 rings (SSSR count). The largest absolute Gasteiger partial charge is 0.456 e. The highest BCUT2D eigenvalue weighted by Crippen LogP contribution is 2.33. The highest BCUT2D eigenvalue weighted by Gasteiger charge is 2.13. The van der Waals surface area contributed by atoms with Crippen LogP contribution >= 0.6 is 11.6 Å². The van der Waals surface area contributed by atoms with Gasteiger partial charge < -0.3 is 4.42 Å². The first-order valence-electron chi connectivity index (χ1n) is 10.2. The number of hydrogen-bond acceptors (Lipinski definition) is 4. The molecule has 0 bridgehead atoms. The average molecular weight is 434 g/mol. The molecule has 6 aromatic rings. The maximum absolute atomic E-state index is 6.09. The van der Waals surface area contributed by atoms with Crippen molar-refractivity contribution >= 4 is 33.5 Å². The summed E-state index contributed by atoms with van der Waals surface area (Å²) >= 11 is 6.04. The van der Waals surface area contributed by atoms with Gasteiger partial charge in [0, 0.05) is 28.1 Å². The van der Waals surface area contributed by atoms with E-state index in [1.54, 1.807) is 6.20 Å². The van der Waals surface area contributed by atoms with Gasteiger partial charge in [0.1, 0.15) is 11.2 Å². The number of fused-ring (bicyclic) bond motifs is 3. The maximum Gasteiger partial charge on any atom is 0.160 e. The van der Waals surface area contributed by atoms with Crippen LogP contribution in [0.5, 0.6) is 0 Å². The monoisotopic (exact) mass is 433 g/mol. The summed E-state index contributed by atoms with van der Waals surface area (Å²) in [5.41, 5.74) is 5.86. The van der Waals surface area contributed by atoms with Gasteiger partial charge in [-0.1, -0.05) is 66.2 Å². The van der Waals surface area contributed by atoms with Crippen molar-refractivity contribution in [3.05, 3.63) is 102 Å². The Bertz CT molecular complexity index is 1570. The molecule has 0 saturated carbocycles. The van der Waals surface area contributed by atoms with Crippen LogP contribution in [0.2, 0.25) is 5.02 Å². The third-order valence-electron chi connectivity index (χ3n) is 5.42. The fourth-order valence-electron chi connectivity index (χ4n) is 3.86. The summed E-state index contributed by atoms with van der Waals surface area (Å²) in [4.78, 5) is 14.1. The van der Waals surface area contributed by atoms with E-state index in [1.807, 2.05) is 72.8 Å². The summed E-state index contributed by atoms with van der Waals surface area (Å²) in [5, 5.41) is 2.77. The summed E-state index contributed by atoms with van der Waals surface area (Å²) < 4.78 is 6.09. The van der Waals surface area contributed by atoms with E-state index < -0.39 is 0 Å².